The lowest BCUT2D eigenvalue weighted by Gasteiger charge is -2.12. The molecular weight excluding hydrogens is 313 g/mol. The second-order valence-electron chi connectivity index (χ2n) is 4.93. The molecule has 0 aliphatic rings. The van der Waals surface area contributed by atoms with E-state index in [0.29, 0.717) is 5.57 Å². The van der Waals surface area contributed by atoms with Gasteiger partial charge in [0.2, 0.25) is 0 Å². The molecule has 6 heteroatoms. The van der Waals surface area contributed by atoms with E-state index in [4.69, 9.17) is 16.9 Å². The summed E-state index contributed by atoms with van der Waals surface area (Å²) in [6, 6.07) is 6.53. The number of aromatic nitrogens is 1. The Hall–Kier alpha value is -2.65. The summed E-state index contributed by atoms with van der Waals surface area (Å²) in [6.45, 7) is 9.05. The minimum Gasteiger partial charge on any atom is -0.473 e. The first-order chi connectivity index (χ1) is 10.9. The normalized spacial score (nSPS) is 11.7. The predicted octanol–water partition coefficient (Wildman–Crippen LogP) is 3.43. The number of allylic oxidation sites excluding steroid dienone is 1. The largest absolute Gasteiger partial charge is 0.473 e. The molecule has 0 saturated carbocycles. The van der Waals surface area contributed by atoms with Gasteiger partial charge in [0.1, 0.15) is 12.4 Å². The van der Waals surface area contributed by atoms with Crippen molar-refractivity contribution in [2.45, 2.75) is 13.5 Å². The van der Waals surface area contributed by atoms with Crippen LogP contribution in [0.25, 0.3) is 10.2 Å². The van der Waals surface area contributed by atoms with Crippen molar-refractivity contribution in [2.24, 2.45) is 5.73 Å². The molecule has 0 bridgehead atoms. The van der Waals surface area contributed by atoms with Crippen molar-refractivity contribution in [2.75, 3.05) is 6.54 Å². The highest BCUT2D eigenvalue weighted by atomic mass is 32.1. The van der Waals surface area contributed by atoms with Crippen molar-refractivity contribution in [3.8, 4) is 12.5 Å². The number of nitrogens with zero attached hydrogens (tertiary/aromatic N) is 1. The second kappa shape index (κ2) is 7.07. The molecule has 0 atom stereocenters. The lowest BCUT2D eigenvalue weighted by molar-refractivity contribution is 0.176. The third-order valence-electron chi connectivity index (χ3n) is 3.22. The van der Waals surface area contributed by atoms with Crippen LogP contribution in [0, 0.1) is 12.5 Å². The Morgan fingerprint density at radius 3 is 2.96 bits per heavy atom. The van der Waals surface area contributed by atoms with Crippen molar-refractivity contribution in [1.82, 2.24) is 9.88 Å². The third kappa shape index (κ3) is 3.76. The van der Waals surface area contributed by atoms with Gasteiger partial charge in [0.15, 0.2) is 5.88 Å². The summed E-state index contributed by atoms with van der Waals surface area (Å²) < 4.78 is 22.0. The summed E-state index contributed by atoms with van der Waals surface area (Å²) in [4.78, 5) is 0. The van der Waals surface area contributed by atoms with Crippen LogP contribution in [0.15, 0.2) is 53.7 Å². The number of nitrogens with two attached hydrogens (primary N) is 1. The highest BCUT2D eigenvalue weighted by molar-refractivity contribution is 7.17. The number of hydrogen-bond acceptors (Lipinski definition) is 4. The highest BCUT2D eigenvalue weighted by Gasteiger charge is 2.10. The Bertz CT molecular complexity index is 823. The van der Waals surface area contributed by atoms with Crippen molar-refractivity contribution in [1.29, 1.82) is 0 Å². The summed E-state index contributed by atoms with van der Waals surface area (Å²) in [5, 5.41) is 4.70. The molecular formula is C17H18FN3OS. The molecule has 0 amide bonds. The minimum absolute atomic E-state index is 0.0340. The summed E-state index contributed by atoms with van der Waals surface area (Å²) in [6.07, 6.45) is 5.53. The predicted molar refractivity (Wildman–Crippen MR) is 93.1 cm³/mol. The third-order valence-corrected chi connectivity index (χ3v) is 4.07. The molecule has 0 aliphatic heterocycles. The molecule has 0 spiro atoms. The maximum absolute atomic E-state index is 13.7. The number of ether oxygens (including phenoxy) is 1. The summed E-state index contributed by atoms with van der Waals surface area (Å²) in [5.74, 6) is -0.266. The van der Waals surface area contributed by atoms with E-state index in [9.17, 15) is 4.39 Å². The molecule has 3 N–H and O–H groups in total. The van der Waals surface area contributed by atoms with Crippen LogP contribution < -0.4 is 11.1 Å². The smallest absolute Gasteiger partial charge is 0.180 e. The molecule has 0 unspecified atom stereocenters. The molecule has 2 aromatic heterocycles. The zero-order valence-electron chi connectivity index (χ0n) is 12.9. The maximum Gasteiger partial charge on any atom is 0.180 e. The summed E-state index contributed by atoms with van der Waals surface area (Å²) in [7, 11) is 0. The van der Waals surface area contributed by atoms with Gasteiger partial charge in [0.05, 0.1) is 28.2 Å². The fraction of sp³-hybridized carbons (Fsp3) is 0.176. The van der Waals surface area contributed by atoms with E-state index < -0.39 is 5.83 Å². The Balaban J connectivity index is 1.94. The number of rotatable bonds is 7. The van der Waals surface area contributed by atoms with E-state index in [0.717, 1.165) is 15.9 Å². The molecule has 23 heavy (non-hydrogen) atoms. The topological polar surface area (TPSA) is 52.2 Å². The van der Waals surface area contributed by atoms with Crippen LogP contribution in [-0.4, -0.2) is 11.1 Å². The molecule has 0 aromatic carbocycles. The van der Waals surface area contributed by atoms with E-state index >= 15 is 0 Å². The van der Waals surface area contributed by atoms with E-state index in [1.54, 1.807) is 22.8 Å². The van der Waals surface area contributed by atoms with Crippen molar-refractivity contribution in [3.63, 3.8) is 0 Å². The molecule has 0 aliphatic carbocycles. The van der Waals surface area contributed by atoms with Crippen molar-refractivity contribution < 1.29 is 9.13 Å². The minimum atomic E-state index is -0.505. The summed E-state index contributed by atoms with van der Waals surface area (Å²) >= 11 is 1.60. The molecule has 4 nitrogen and oxygen atoms in total. The zero-order valence-corrected chi connectivity index (χ0v) is 13.7. The first-order valence-corrected chi connectivity index (χ1v) is 7.72. The molecule has 0 saturated heterocycles. The SMILES string of the molecule is C#Cn1c(COC(=C)NC/C(F)=C(/N)C(=C)C)cc2sccc21. The number of nitrogens with one attached hydrogen (secondary N) is 1. The van der Waals surface area contributed by atoms with Gasteiger partial charge >= 0.3 is 0 Å². The second-order valence-corrected chi connectivity index (χ2v) is 5.88. The maximum atomic E-state index is 13.7. The van der Waals surface area contributed by atoms with Crippen LogP contribution in [0.2, 0.25) is 0 Å². The molecule has 120 valence electrons. The van der Waals surface area contributed by atoms with Gasteiger partial charge in [-0.25, -0.2) is 4.39 Å². The number of fused-ring (bicyclic) bond motifs is 1. The summed E-state index contributed by atoms with van der Waals surface area (Å²) in [5.41, 5.74) is 7.86. The molecule has 2 rings (SSSR count). The molecule has 0 fully saturated rings. The van der Waals surface area contributed by atoms with Gasteiger partial charge < -0.3 is 15.8 Å². The fourth-order valence-corrected chi connectivity index (χ4v) is 2.78. The Morgan fingerprint density at radius 2 is 2.30 bits per heavy atom. The van der Waals surface area contributed by atoms with Crippen LogP contribution in [0.5, 0.6) is 0 Å². The number of halogens is 1. The average molecular weight is 331 g/mol. The van der Waals surface area contributed by atoms with Gasteiger partial charge in [-0.15, -0.1) is 11.3 Å². The lowest BCUT2D eigenvalue weighted by Crippen LogP contribution is -2.19. The van der Waals surface area contributed by atoms with Crippen LogP contribution in [0.4, 0.5) is 4.39 Å². The number of terminal acetylenes is 1. The van der Waals surface area contributed by atoms with Crippen molar-refractivity contribution >= 4 is 21.6 Å². The first-order valence-electron chi connectivity index (χ1n) is 6.84. The molecule has 2 aromatic rings. The highest BCUT2D eigenvalue weighted by Crippen LogP contribution is 2.25. The Morgan fingerprint density at radius 1 is 1.57 bits per heavy atom. The number of hydrogen-bond donors (Lipinski definition) is 2. The van der Waals surface area contributed by atoms with Crippen LogP contribution >= 0.6 is 11.3 Å². The van der Waals surface area contributed by atoms with E-state index in [1.807, 2.05) is 17.5 Å². The van der Waals surface area contributed by atoms with Gasteiger partial charge in [-0.05, 0) is 36.6 Å². The Labute approximate surface area is 138 Å². The van der Waals surface area contributed by atoms with E-state index in [2.05, 4.69) is 24.5 Å². The van der Waals surface area contributed by atoms with Gasteiger partial charge in [-0.3, -0.25) is 4.57 Å². The van der Waals surface area contributed by atoms with Crippen LogP contribution in [-0.2, 0) is 11.3 Å². The number of thiophene rings is 1. The van der Waals surface area contributed by atoms with Gasteiger partial charge in [-0.2, -0.15) is 0 Å². The lowest BCUT2D eigenvalue weighted by atomic mass is 10.2. The van der Waals surface area contributed by atoms with Crippen molar-refractivity contribution in [3.05, 3.63) is 59.3 Å². The monoisotopic (exact) mass is 331 g/mol. The van der Waals surface area contributed by atoms with E-state index in [-0.39, 0.29) is 24.7 Å². The van der Waals surface area contributed by atoms with Gasteiger partial charge in [-0.1, -0.05) is 13.0 Å². The quantitative estimate of drug-likeness (QED) is 0.464. The standard InChI is InChI=1S/C17H18FN3OS/c1-5-21-13(8-16-15(21)6-7-23-16)10-22-12(4)20-9-14(18)17(19)11(2)3/h1,6-8,20H,2,4,9-10,19H2,3H3/b17-14-. The van der Waals surface area contributed by atoms with Gasteiger partial charge in [0.25, 0.3) is 0 Å². The zero-order chi connectivity index (χ0) is 17.0. The average Bonchev–Trinajstić information content (AvgIpc) is 3.09. The Kier molecular flexibility index (Phi) is 5.14. The van der Waals surface area contributed by atoms with Crippen LogP contribution in [0.1, 0.15) is 12.6 Å². The molecule has 0 radical (unpaired) electrons. The molecule has 2 heterocycles. The van der Waals surface area contributed by atoms with Crippen LogP contribution in [0.3, 0.4) is 0 Å². The van der Waals surface area contributed by atoms with Gasteiger partial charge in [0, 0.05) is 6.04 Å². The fourth-order valence-electron chi connectivity index (χ4n) is 1.95. The first kappa shape index (κ1) is 16.7. The van der Waals surface area contributed by atoms with E-state index in [1.165, 1.54) is 0 Å².